The highest BCUT2D eigenvalue weighted by atomic mass is 79.9. The number of nitrogens with two attached hydrogens (primary N) is 1. The van der Waals surface area contributed by atoms with E-state index in [1.807, 2.05) is 0 Å². The van der Waals surface area contributed by atoms with Crippen molar-refractivity contribution in [2.24, 2.45) is 5.73 Å². The highest BCUT2D eigenvalue weighted by Crippen LogP contribution is 2.25. The van der Waals surface area contributed by atoms with E-state index in [4.69, 9.17) is 15.3 Å². The number of hydrogen-bond donors (Lipinski definition) is 2. The summed E-state index contributed by atoms with van der Waals surface area (Å²) in [5.41, 5.74) is 6.54. The van der Waals surface area contributed by atoms with Crippen molar-refractivity contribution in [2.45, 2.75) is 18.9 Å². The van der Waals surface area contributed by atoms with E-state index in [1.54, 1.807) is 0 Å². The zero-order valence-electron chi connectivity index (χ0n) is 6.87. The summed E-state index contributed by atoms with van der Waals surface area (Å²) < 4.78 is 5.68. The Kier molecular flexibility index (Phi) is 3.50. The number of aliphatic carboxylic acids is 1. The van der Waals surface area contributed by atoms with Crippen molar-refractivity contribution in [1.29, 1.82) is 0 Å². The minimum Gasteiger partial charge on any atom is -0.481 e. The average molecular weight is 248 g/mol. The van der Waals surface area contributed by atoms with E-state index in [0.29, 0.717) is 6.42 Å². The van der Waals surface area contributed by atoms with Gasteiger partial charge in [-0.3, -0.25) is 4.79 Å². The Morgan fingerprint density at radius 3 is 2.85 bits per heavy atom. The third-order valence-electron chi connectivity index (χ3n) is 1.71. The Balaban J connectivity index is 2.53. The van der Waals surface area contributed by atoms with E-state index in [2.05, 4.69) is 15.9 Å². The summed E-state index contributed by atoms with van der Waals surface area (Å²) in [6.07, 6.45) is 3.53. The number of hydrogen-bond acceptors (Lipinski definition) is 3. The van der Waals surface area contributed by atoms with Crippen LogP contribution in [0.4, 0.5) is 0 Å². The van der Waals surface area contributed by atoms with Gasteiger partial charge in [0.15, 0.2) is 0 Å². The van der Waals surface area contributed by atoms with Crippen LogP contribution < -0.4 is 5.73 Å². The second kappa shape index (κ2) is 4.43. The van der Waals surface area contributed by atoms with Crippen LogP contribution in [0.25, 0.3) is 0 Å². The van der Waals surface area contributed by atoms with Crippen LogP contribution >= 0.6 is 15.9 Å². The van der Waals surface area contributed by atoms with Gasteiger partial charge in [-0.15, -0.1) is 0 Å². The van der Waals surface area contributed by atoms with Crippen LogP contribution in [0.5, 0.6) is 0 Å². The fourth-order valence-electron chi connectivity index (χ4n) is 0.990. The maximum atomic E-state index is 10.3. The Morgan fingerprint density at radius 1 is 1.69 bits per heavy atom. The Bertz CT molecular complexity index is 297. The lowest BCUT2D eigenvalue weighted by molar-refractivity contribution is -0.137. The topological polar surface area (TPSA) is 76.5 Å². The summed E-state index contributed by atoms with van der Waals surface area (Å²) >= 11 is 3.25. The molecule has 0 aromatic carbocycles. The minimum atomic E-state index is -0.838. The van der Waals surface area contributed by atoms with E-state index in [9.17, 15) is 4.79 Å². The van der Waals surface area contributed by atoms with Crippen LogP contribution in [-0.4, -0.2) is 11.1 Å². The summed E-state index contributed by atoms with van der Waals surface area (Å²) in [6.45, 7) is 0. The smallest absolute Gasteiger partial charge is 0.303 e. The molecule has 1 aromatic heterocycles. The average Bonchev–Trinajstić information content (AvgIpc) is 2.47. The van der Waals surface area contributed by atoms with Gasteiger partial charge in [-0.05, 0) is 22.4 Å². The molecule has 0 aliphatic rings. The Morgan fingerprint density at radius 2 is 2.38 bits per heavy atom. The predicted octanol–water partition coefficient (Wildman–Crippen LogP) is 1.91. The van der Waals surface area contributed by atoms with E-state index in [-0.39, 0.29) is 12.5 Å². The molecule has 72 valence electrons. The zero-order chi connectivity index (χ0) is 9.84. The minimum absolute atomic E-state index is 0.0682. The molecule has 0 fully saturated rings. The quantitative estimate of drug-likeness (QED) is 0.853. The second-order valence-corrected chi connectivity index (χ2v) is 3.57. The van der Waals surface area contributed by atoms with Crippen molar-refractivity contribution in [3.05, 3.63) is 22.6 Å². The van der Waals surface area contributed by atoms with Crippen molar-refractivity contribution >= 4 is 21.9 Å². The molecule has 0 aliphatic carbocycles. The number of halogens is 1. The number of rotatable bonds is 4. The van der Waals surface area contributed by atoms with Crippen molar-refractivity contribution in [3.8, 4) is 0 Å². The molecule has 5 heteroatoms. The fourth-order valence-corrected chi connectivity index (χ4v) is 1.49. The molecule has 1 unspecified atom stereocenters. The molecule has 13 heavy (non-hydrogen) atoms. The monoisotopic (exact) mass is 247 g/mol. The first-order valence-electron chi connectivity index (χ1n) is 3.80. The van der Waals surface area contributed by atoms with E-state index >= 15 is 0 Å². The lowest BCUT2D eigenvalue weighted by Gasteiger charge is -2.07. The van der Waals surface area contributed by atoms with Gasteiger partial charge in [0.1, 0.15) is 6.26 Å². The summed E-state index contributed by atoms with van der Waals surface area (Å²) in [7, 11) is 0. The molecule has 0 bridgehead atoms. The second-order valence-electron chi connectivity index (χ2n) is 2.71. The van der Waals surface area contributed by atoms with Gasteiger partial charge in [0.05, 0.1) is 10.7 Å². The van der Waals surface area contributed by atoms with Gasteiger partial charge in [0.25, 0.3) is 0 Å². The van der Waals surface area contributed by atoms with Gasteiger partial charge in [-0.25, -0.2) is 0 Å². The fraction of sp³-hybridized carbons (Fsp3) is 0.375. The first kappa shape index (κ1) is 10.3. The maximum Gasteiger partial charge on any atom is 0.303 e. The SMILES string of the molecule is NC(CCC(=O)O)c1cocc1Br. The lowest BCUT2D eigenvalue weighted by atomic mass is 10.1. The molecule has 1 heterocycles. The molecule has 1 aromatic rings. The molecular weight excluding hydrogens is 238 g/mol. The van der Waals surface area contributed by atoms with Gasteiger partial charge in [0.2, 0.25) is 0 Å². The number of carboxylic acid groups (broad SMARTS) is 1. The predicted molar refractivity (Wildman–Crippen MR) is 50.2 cm³/mol. The molecule has 0 aliphatic heterocycles. The summed E-state index contributed by atoms with van der Waals surface area (Å²) in [5.74, 6) is -0.838. The van der Waals surface area contributed by atoms with Gasteiger partial charge in [-0.2, -0.15) is 0 Å². The Labute approximate surface area is 83.8 Å². The lowest BCUT2D eigenvalue weighted by Crippen LogP contribution is -2.11. The molecule has 0 radical (unpaired) electrons. The van der Waals surface area contributed by atoms with Crippen LogP contribution in [0.3, 0.4) is 0 Å². The molecule has 4 nitrogen and oxygen atoms in total. The van der Waals surface area contributed by atoms with E-state index in [0.717, 1.165) is 10.0 Å². The van der Waals surface area contributed by atoms with Crippen LogP contribution in [0.2, 0.25) is 0 Å². The van der Waals surface area contributed by atoms with Crippen LogP contribution in [0.15, 0.2) is 21.4 Å². The van der Waals surface area contributed by atoms with E-state index in [1.165, 1.54) is 12.5 Å². The number of furan rings is 1. The third kappa shape index (κ3) is 2.86. The number of carboxylic acids is 1. The van der Waals surface area contributed by atoms with Crippen LogP contribution in [0.1, 0.15) is 24.4 Å². The standard InChI is InChI=1S/C8H10BrNO3/c9-6-4-13-3-5(6)7(10)1-2-8(11)12/h3-4,7H,1-2,10H2,(H,11,12). The summed E-state index contributed by atoms with van der Waals surface area (Å²) in [4.78, 5) is 10.3. The molecular formula is C8H10BrNO3. The van der Waals surface area contributed by atoms with Crippen molar-refractivity contribution in [2.75, 3.05) is 0 Å². The summed E-state index contributed by atoms with van der Waals surface area (Å²) in [6, 6.07) is -0.288. The van der Waals surface area contributed by atoms with Gasteiger partial charge >= 0.3 is 5.97 Å². The molecule has 3 N–H and O–H groups in total. The largest absolute Gasteiger partial charge is 0.481 e. The highest BCUT2D eigenvalue weighted by molar-refractivity contribution is 9.10. The molecule has 1 atom stereocenters. The molecule has 0 spiro atoms. The third-order valence-corrected chi connectivity index (χ3v) is 2.36. The van der Waals surface area contributed by atoms with E-state index < -0.39 is 5.97 Å². The summed E-state index contributed by atoms with van der Waals surface area (Å²) in [5, 5.41) is 8.44. The van der Waals surface area contributed by atoms with Crippen LogP contribution in [-0.2, 0) is 4.79 Å². The molecule has 0 amide bonds. The number of carbonyl (C=O) groups is 1. The van der Waals surface area contributed by atoms with Crippen LogP contribution in [0, 0.1) is 0 Å². The van der Waals surface area contributed by atoms with Crippen molar-refractivity contribution < 1.29 is 14.3 Å². The zero-order valence-corrected chi connectivity index (χ0v) is 8.45. The van der Waals surface area contributed by atoms with Crippen molar-refractivity contribution in [3.63, 3.8) is 0 Å². The first-order valence-corrected chi connectivity index (χ1v) is 4.59. The van der Waals surface area contributed by atoms with Gasteiger partial charge in [-0.1, -0.05) is 0 Å². The van der Waals surface area contributed by atoms with Gasteiger partial charge in [0, 0.05) is 18.0 Å². The first-order chi connectivity index (χ1) is 6.11. The molecule has 0 saturated carbocycles. The molecule has 1 rings (SSSR count). The molecule has 0 saturated heterocycles. The van der Waals surface area contributed by atoms with Crippen molar-refractivity contribution in [1.82, 2.24) is 0 Å². The highest BCUT2D eigenvalue weighted by Gasteiger charge is 2.12. The maximum absolute atomic E-state index is 10.3. The van der Waals surface area contributed by atoms with Gasteiger partial charge < -0.3 is 15.3 Å². The Hall–Kier alpha value is -0.810. The normalized spacial score (nSPS) is 12.8.